The molecule has 3 aromatic rings. The van der Waals surface area contributed by atoms with E-state index in [2.05, 4.69) is 31.1 Å². The van der Waals surface area contributed by atoms with Crippen molar-refractivity contribution < 1.29 is 4.52 Å². The fraction of sp³-hybridized carbons (Fsp3) is 0. The number of pyridine rings is 1. The Morgan fingerprint density at radius 3 is 2.74 bits per heavy atom. The Bertz CT molecular complexity index is 666. The third kappa shape index (κ3) is 2.22. The number of benzene rings is 1. The number of nitrogens with two attached hydrogens (primary N) is 1. The summed E-state index contributed by atoms with van der Waals surface area (Å²) < 4.78 is 6.12. The summed E-state index contributed by atoms with van der Waals surface area (Å²) in [6, 6.07) is 11.1. The highest BCUT2D eigenvalue weighted by atomic mass is 79.9. The molecule has 0 amide bonds. The molecule has 5 nitrogen and oxygen atoms in total. The second kappa shape index (κ2) is 4.81. The zero-order chi connectivity index (χ0) is 13.2. The van der Waals surface area contributed by atoms with Gasteiger partial charge in [0, 0.05) is 16.2 Å². The molecule has 0 saturated heterocycles. The van der Waals surface area contributed by atoms with Gasteiger partial charge < -0.3 is 10.3 Å². The molecule has 6 heteroatoms. The predicted octanol–water partition coefficient (Wildman–Crippen LogP) is 3.14. The molecule has 0 spiro atoms. The van der Waals surface area contributed by atoms with E-state index in [9.17, 15) is 0 Å². The fourth-order valence-electron chi connectivity index (χ4n) is 1.67. The van der Waals surface area contributed by atoms with Gasteiger partial charge in [0.05, 0.1) is 5.69 Å². The summed E-state index contributed by atoms with van der Waals surface area (Å²) in [6.07, 6.45) is 1.63. The fourth-order valence-corrected chi connectivity index (χ4v) is 2.13. The van der Waals surface area contributed by atoms with Gasteiger partial charge in [0.1, 0.15) is 0 Å². The molecule has 0 aliphatic rings. The average molecular weight is 317 g/mol. The summed E-state index contributed by atoms with van der Waals surface area (Å²) in [6.45, 7) is 0. The summed E-state index contributed by atoms with van der Waals surface area (Å²) in [5.41, 5.74) is 7.68. The van der Waals surface area contributed by atoms with Crippen molar-refractivity contribution in [1.82, 2.24) is 15.1 Å². The number of aromatic nitrogens is 3. The maximum Gasteiger partial charge on any atom is 0.278 e. The average Bonchev–Trinajstić information content (AvgIpc) is 2.89. The lowest BCUT2D eigenvalue weighted by Gasteiger charge is -1.97. The Balaban J connectivity index is 2.06. The lowest BCUT2D eigenvalue weighted by molar-refractivity contribution is 0.431. The van der Waals surface area contributed by atoms with E-state index < -0.39 is 0 Å². The van der Waals surface area contributed by atoms with Crippen molar-refractivity contribution in [2.24, 2.45) is 0 Å². The third-order valence-electron chi connectivity index (χ3n) is 2.58. The minimum absolute atomic E-state index is 0.309. The van der Waals surface area contributed by atoms with Crippen LogP contribution in [0.4, 0.5) is 5.69 Å². The summed E-state index contributed by atoms with van der Waals surface area (Å²) in [4.78, 5) is 8.47. The molecular weight excluding hydrogens is 308 g/mol. The van der Waals surface area contributed by atoms with Crippen molar-refractivity contribution in [1.29, 1.82) is 0 Å². The highest BCUT2D eigenvalue weighted by molar-refractivity contribution is 9.10. The van der Waals surface area contributed by atoms with Gasteiger partial charge in [-0.05, 0) is 24.3 Å². The lowest BCUT2D eigenvalue weighted by Crippen LogP contribution is -1.92. The van der Waals surface area contributed by atoms with Crippen LogP contribution in [0.2, 0.25) is 0 Å². The van der Waals surface area contributed by atoms with Crippen molar-refractivity contribution in [3.05, 3.63) is 47.1 Å². The number of anilines is 1. The van der Waals surface area contributed by atoms with Crippen molar-refractivity contribution in [2.75, 3.05) is 5.73 Å². The number of hydrogen-bond acceptors (Lipinski definition) is 5. The highest BCUT2D eigenvalue weighted by Gasteiger charge is 2.15. The van der Waals surface area contributed by atoms with Crippen LogP contribution in [0.15, 0.2) is 51.6 Å². The Morgan fingerprint density at radius 2 is 1.95 bits per heavy atom. The van der Waals surface area contributed by atoms with Gasteiger partial charge in [-0.1, -0.05) is 33.2 Å². The topological polar surface area (TPSA) is 77.8 Å². The molecule has 0 bridgehead atoms. The van der Waals surface area contributed by atoms with Crippen LogP contribution >= 0.6 is 15.9 Å². The number of nitrogen functional groups attached to an aromatic ring is 1. The van der Waals surface area contributed by atoms with E-state index in [1.165, 1.54) is 0 Å². The first-order chi connectivity index (χ1) is 9.25. The van der Waals surface area contributed by atoms with Gasteiger partial charge in [-0.25, -0.2) is 4.98 Å². The molecule has 0 aliphatic heterocycles. The molecule has 0 saturated carbocycles. The molecular formula is C13H9BrN4O. The third-order valence-corrected chi connectivity index (χ3v) is 3.27. The number of halogens is 1. The molecule has 2 N–H and O–H groups in total. The second-order valence-electron chi connectivity index (χ2n) is 3.84. The predicted molar refractivity (Wildman–Crippen MR) is 75.1 cm³/mol. The molecule has 0 unspecified atom stereocenters. The van der Waals surface area contributed by atoms with Gasteiger partial charge in [-0.3, -0.25) is 0 Å². The van der Waals surface area contributed by atoms with Crippen LogP contribution in [0.3, 0.4) is 0 Å². The summed E-state index contributed by atoms with van der Waals surface area (Å²) in [7, 11) is 0. The maximum atomic E-state index is 5.83. The zero-order valence-electron chi connectivity index (χ0n) is 9.75. The molecule has 19 heavy (non-hydrogen) atoms. The van der Waals surface area contributed by atoms with E-state index in [4.69, 9.17) is 10.3 Å². The monoisotopic (exact) mass is 316 g/mol. The first-order valence-corrected chi connectivity index (χ1v) is 6.34. The normalized spacial score (nSPS) is 10.6. The van der Waals surface area contributed by atoms with E-state index in [1.807, 2.05) is 24.3 Å². The van der Waals surface area contributed by atoms with Crippen LogP contribution in [0.5, 0.6) is 0 Å². The largest absolute Gasteiger partial charge is 0.397 e. The Labute approximate surface area is 117 Å². The van der Waals surface area contributed by atoms with E-state index in [-0.39, 0.29) is 0 Å². The van der Waals surface area contributed by atoms with Gasteiger partial charge in [0.25, 0.3) is 5.89 Å². The quantitative estimate of drug-likeness (QED) is 0.785. The summed E-state index contributed by atoms with van der Waals surface area (Å²) in [5, 5.41) is 3.95. The van der Waals surface area contributed by atoms with Crippen LogP contribution in [0, 0.1) is 0 Å². The van der Waals surface area contributed by atoms with Crippen LogP contribution in [0.25, 0.3) is 23.0 Å². The molecule has 1 aromatic carbocycles. The molecule has 2 heterocycles. The van der Waals surface area contributed by atoms with E-state index in [1.54, 1.807) is 18.3 Å². The van der Waals surface area contributed by atoms with Crippen molar-refractivity contribution >= 4 is 21.6 Å². The molecule has 2 aromatic heterocycles. The standard InChI is InChI=1S/C13H9BrN4O/c14-9-5-2-1-4-8(9)12-17-13(19-18-12)11-10(15)6-3-7-16-11/h1-7H,15H2. The van der Waals surface area contributed by atoms with Crippen molar-refractivity contribution in [2.45, 2.75) is 0 Å². The Kier molecular flexibility index (Phi) is 3.00. The highest BCUT2D eigenvalue weighted by Crippen LogP contribution is 2.28. The van der Waals surface area contributed by atoms with Gasteiger partial charge in [-0.15, -0.1) is 0 Å². The van der Waals surface area contributed by atoms with Crippen LogP contribution in [-0.2, 0) is 0 Å². The van der Waals surface area contributed by atoms with Gasteiger partial charge in [0.15, 0.2) is 5.69 Å². The van der Waals surface area contributed by atoms with E-state index in [0.29, 0.717) is 23.1 Å². The van der Waals surface area contributed by atoms with E-state index >= 15 is 0 Å². The first kappa shape index (κ1) is 11.9. The zero-order valence-corrected chi connectivity index (χ0v) is 11.3. The Hall–Kier alpha value is -2.21. The van der Waals surface area contributed by atoms with Crippen LogP contribution in [-0.4, -0.2) is 15.1 Å². The van der Waals surface area contributed by atoms with Gasteiger partial charge in [0.2, 0.25) is 5.82 Å². The number of rotatable bonds is 2. The number of nitrogens with zero attached hydrogens (tertiary/aromatic N) is 3. The molecule has 94 valence electrons. The molecule has 0 radical (unpaired) electrons. The minimum Gasteiger partial charge on any atom is -0.397 e. The van der Waals surface area contributed by atoms with Crippen LogP contribution in [0.1, 0.15) is 0 Å². The minimum atomic E-state index is 0.309. The van der Waals surface area contributed by atoms with Crippen molar-refractivity contribution in [3.8, 4) is 23.0 Å². The number of hydrogen-bond donors (Lipinski definition) is 1. The van der Waals surface area contributed by atoms with Gasteiger partial charge in [-0.2, -0.15) is 4.98 Å². The van der Waals surface area contributed by atoms with E-state index in [0.717, 1.165) is 10.0 Å². The smallest absolute Gasteiger partial charge is 0.278 e. The summed E-state index contributed by atoms with van der Waals surface area (Å²) >= 11 is 3.45. The SMILES string of the molecule is Nc1cccnc1-c1nc(-c2ccccc2Br)no1. The maximum absolute atomic E-state index is 5.83. The molecule has 0 fully saturated rings. The molecule has 3 rings (SSSR count). The second-order valence-corrected chi connectivity index (χ2v) is 4.70. The van der Waals surface area contributed by atoms with Crippen LogP contribution < -0.4 is 5.73 Å². The summed E-state index contributed by atoms with van der Waals surface area (Å²) in [5.74, 6) is 0.802. The molecule has 0 atom stereocenters. The molecule has 0 aliphatic carbocycles. The first-order valence-electron chi connectivity index (χ1n) is 5.55. The lowest BCUT2D eigenvalue weighted by atomic mass is 10.2. The van der Waals surface area contributed by atoms with Gasteiger partial charge >= 0.3 is 0 Å². The Morgan fingerprint density at radius 1 is 1.11 bits per heavy atom. The van der Waals surface area contributed by atoms with Crippen molar-refractivity contribution in [3.63, 3.8) is 0 Å².